The van der Waals surface area contributed by atoms with Crippen LogP contribution in [0, 0.1) is 14.9 Å². The first-order chi connectivity index (χ1) is 16.9. The van der Waals surface area contributed by atoms with E-state index in [0.29, 0.717) is 35.3 Å². The van der Waals surface area contributed by atoms with Gasteiger partial charge in [0.2, 0.25) is 0 Å². The third-order valence-corrected chi connectivity index (χ3v) is 5.92. The van der Waals surface area contributed by atoms with Gasteiger partial charge in [-0.3, -0.25) is 4.79 Å². The maximum atomic E-state index is 12.6. The first kappa shape index (κ1) is 26.4. The average molecular weight is 603 g/mol. The first-order valence-electron chi connectivity index (χ1n) is 10.8. The summed E-state index contributed by atoms with van der Waals surface area (Å²) in [5.41, 5.74) is 2.38. The van der Waals surface area contributed by atoms with Crippen molar-refractivity contribution in [2.45, 2.75) is 20.1 Å². The van der Waals surface area contributed by atoms with Gasteiger partial charge in [-0.2, -0.15) is 5.26 Å². The number of ether oxygens (including phenoxy) is 3. The Morgan fingerprint density at radius 2 is 1.77 bits per heavy atom. The number of carbonyl (C=O) groups excluding carboxylic acids is 1. The van der Waals surface area contributed by atoms with E-state index in [1.807, 2.05) is 61.5 Å². The highest BCUT2D eigenvalue weighted by Crippen LogP contribution is 2.38. The van der Waals surface area contributed by atoms with Crippen LogP contribution in [0.5, 0.6) is 17.2 Å². The Balaban J connectivity index is 1.75. The molecule has 0 atom stereocenters. The lowest BCUT2D eigenvalue weighted by molar-refractivity contribution is -0.117. The van der Waals surface area contributed by atoms with Gasteiger partial charge in [0, 0.05) is 10.1 Å². The van der Waals surface area contributed by atoms with Crippen molar-refractivity contribution in [1.29, 1.82) is 5.26 Å². The molecule has 0 aliphatic carbocycles. The maximum absolute atomic E-state index is 12.6. The molecular formula is C27H24ClIN2O4. The van der Waals surface area contributed by atoms with Crippen LogP contribution in [0.25, 0.3) is 6.08 Å². The number of nitriles is 1. The molecule has 1 amide bonds. The molecule has 0 fully saturated rings. The fourth-order valence-electron chi connectivity index (χ4n) is 3.15. The van der Waals surface area contributed by atoms with Crippen LogP contribution in [0.4, 0.5) is 0 Å². The fourth-order valence-corrected chi connectivity index (χ4v) is 3.78. The summed E-state index contributed by atoms with van der Waals surface area (Å²) in [6, 6.07) is 20.6. The summed E-state index contributed by atoms with van der Waals surface area (Å²) in [6.45, 7) is 2.85. The van der Waals surface area contributed by atoms with Gasteiger partial charge in [-0.05, 0) is 88.7 Å². The van der Waals surface area contributed by atoms with Crippen LogP contribution in [0.2, 0.25) is 5.02 Å². The van der Waals surface area contributed by atoms with E-state index < -0.39 is 5.91 Å². The molecule has 0 aromatic heterocycles. The van der Waals surface area contributed by atoms with Gasteiger partial charge in [-0.1, -0.05) is 35.9 Å². The second-order valence-corrected chi connectivity index (χ2v) is 9.03. The zero-order valence-electron chi connectivity index (χ0n) is 19.3. The summed E-state index contributed by atoms with van der Waals surface area (Å²) < 4.78 is 18.0. The van der Waals surface area contributed by atoms with Gasteiger partial charge in [-0.15, -0.1) is 0 Å². The summed E-state index contributed by atoms with van der Waals surface area (Å²) in [7, 11) is 1.59. The van der Waals surface area contributed by atoms with Crippen molar-refractivity contribution in [3.8, 4) is 23.3 Å². The second-order valence-electron chi connectivity index (χ2n) is 7.38. The smallest absolute Gasteiger partial charge is 0.262 e. The number of nitrogens with one attached hydrogen (secondary N) is 1. The highest BCUT2D eigenvalue weighted by Gasteiger charge is 2.15. The van der Waals surface area contributed by atoms with Gasteiger partial charge in [-0.25, -0.2) is 0 Å². The normalized spacial score (nSPS) is 10.9. The zero-order valence-corrected chi connectivity index (χ0v) is 22.2. The SMILES string of the molecule is CCOc1cc(/C=C(/C#N)C(=O)NCc2ccc(OC)cc2)cc(Cl)c1OCc1ccc(I)cc1. The molecule has 0 aliphatic rings. The summed E-state index contributed by atoms with van der Waals surface area (Å²) in [5.74, 6) is 1.08. The maximum Gasteiger partial charge on any atom is 0.262 e. The summed E-state index contributed by atoms with van der Waals surface area (Å²) in [5, 5.41) is 12.6. The van der Waals surface area contributed by atoms with Gasteiger partial charge < -0.3 is 19.5 Å². The van der Waals surface area contributed by atoms with Crippen molar-refractivity contribution in [3.05, 3.63) is 91.5 Å². The molecule has 0 heterocycles. The van der Waals surface area contributed by atoms with E-state index in [1.54, 1.807) is 19.2 Å². The van der Waals surface area contributed by atoms with Crippen LogP contribution in [0.1, 0.15) is 23.6 Å². The summed E-state index contributed by atoms with van der Waals surface area (Å²) in [6.07, 6.45) is 1.47. The summed E-state index contributed by atoms with van der Waals surface area (Å²) in [4.78, 5) is 12.6. The zero-order chi connectivity index (χ0) is 25.2. The summed E-state index contributed by atoms with van der Waals surface area (Å²) >= 11 is 8.75. The van der Waals surface area contributed by atoms with Gasteiger partial charge in [0.05, 0.1) is 18.7 Å². The van der Waals surface area contributed by atoms with E-state index in [4.69, 9.17) is 25.8 Å². The number of benzene rings is 3. The van der Waals surface area contributed by atoms with Crippen molar-refractivity contribution in [3.63, 3.8) is 0 Å². The van der Waals surface area contributed by atoms with E-state index in [2.05, 4.69) is 27.9 Å². The molecule has 0 unspecified atom stereocenters. The third-order valence-electron chi connectivity index (χ3n) is 4.92. The minimum absolute atomic E-state index is 0.0513. The molecule has 35 heavy (non-hydrogen) atoms. The minimum atomic E-state index is -0.489. The Kier molecular flexibility index (Phi) is 9.82. The van der Waals surface area contributed by atoms with Gasteiger partial charge in [0.1, 0.15) is 24.0 Å². The van der Waals surface area contributed by atoms with E-state index in [-0.39, 0.29) is 12.1 Å². The number of hydrogen-bond donors (Lipinski definition) is 1. The molecule has 0 radical (unpaired) electrons. The monoisotopic (exact) mass is 602 g/mol. The number of methoxy groups -OCH3 is 1. The Morgan fingerprint density at radius 1 is 1.09 bits per heavy atom. The van der Waals surface area contributed by atoms with E-state index in [9.17, 15) is 10.1 Å². The van der Waals surface area contributed by atoms with Crippen LogP contribution in [-0.4, -0.2) is 19.6 Å². The molecule has 3 aromatic rings. The standard InChI is InChI=1S/C27H24ClIN2O4/c1-3-34-25-14-20(13-24(28)26(25)35-17-19-4-8-22(29)9-5-19)12-21(15-30)27(32)31-16-18-6-10-23(33-2)11-7-18/h4-14H,3,16-17H2,1-2H3,(H,31,32)/b21-12-. The molecule has 1 N–H and O–H groups in total. The molecule has 0 saturated carbocycles. The number of rotatable bonds is 10. The van der Waals surface area contributed by atoms with Crippen LogP contribution in [0.3, 0.4) is 0 Å². The topological polar surface area (TPSA) is 80.6 Å². The number of carbonyl (C=O) groups is 1. The lowest BCUT2D eigenvalue weighted by Crippen LogP contribution is -2.23. The lowest BCUT2D eigenvalue weighted by Gasteiger charge is -2.15. The Labute approximate surface area is 223 Å². The number of hydrogen-bond acceptors (Lipinski definition) is 5. The quantitative estimate of drug-likeness (QED) is 0.171. The van der Waals surface area contributed by atoms with E-state index in [1.165, 1.54) is 6.08 Å². The van der Waals surface area contributed by atoms with Crippen LogP contribution in [0.15, 0.2) is 66.2 Å². The molecule has 0 aliphatic heterocycles. The average Bonchev–Trinajstić information content (AvgIpc) is 2.87. The second kappa shape index (κ2) is 13.0. The van der Waals surface area contributed by atoms with E-state index >= 15 is 0 Å². The van der Waals surface area contributed by atoms with Crippen LogP contribution < -0.4 is 19.5 Å². The predicted octanol–water partition coefficient (Wildman–Crippen LogP) is 6.15. The van der Waals surface area contributed by atoms with Crippen LogP contribution in [-0.2, 0) is 17.9 Å². The Morgan fingerprint density at radius 3 is 2.40 bits per heavy atom. The third kappa shape index (κ3) is 7.64. The molecule has 3 aromatic carbocycles. The molecule has 8 heteroatoms. The molecule has 0 bridgehead atoms. The van der Waals surface area contributed by atoms with E-state index in [0.717, 1.165) is 20.4 Å². The molecule has 6 nitrogen and oxygen atoms in total. The van der Waals surface area contributed by atoms with Gasteiger partial charge >= 0.3 is 0 Å². The highest BCUT2D eigenvalue weighted by molar-refractivity contribution is 14.1. The predicted molar refractivity (Wildman–Crippen MR) is 145 cm³/mol. The molecule has 0 spiro atoms. The van der Waals surface area contributed by atoms with Crippen LogP contribution >= 0.6 is 34.2 Å². The van der Waals surface area contributed by atoms with Crippen molar-refractivity contribution >= 4 is 46.2 Å². The number of amides is 1. The largest absolute Gasteiger partial charge is 0.497 e. The Hall–Kier alpha value is -3.22. The molecule has 3 rings (SSSR count). The molecular weight excluding hydrogens is 579 g/mol. The van der Waals surface area contributed by atoms with Crippen molar-refractivity contribution in [2.24, 2.45) is 0 Å². The van der Waals surface area contributed by atoms with Crippen molar-refractivity contribution < 1.29 is 19.0 Å². The number of nitrogens with zero attached hydrogens (tertiary/aromatic N) is 1. The first-order valence-corrected chi connectivity index (χ1v) is 12.3. The van der Waals surface area contributed by atoms with Gasteiger partial charge in [0.15, 0.2) is 11.5 Å². The fraction of sp³-hybridized carbons (Fsp3) is 0.185. The number of halogens is 2. The van der Waals surface area contributed by atoms with Crippen molar-refractivity contribution in [1.82, 2.24) is 5.32 Å². The minimum Gasteiger partial charge on any atom is -0.497 e. The lowest BCUT2D eigenvalue weighted by atomic mass is 10.1. The molecule has 180 valence electrons. The van der Waals surface area contributed by atoms with Crippen molar-refractivity contribution in [2.75, 3.05) is 13.7 Å². The highest BCUT2D eigenvalue weighted by atomic mass is 127. The van der Waals surface area contributed by atoms with Gasteiger partial charge in [0.25, 0.3) is 5.91 Å². The molecule has 0 saturated heterocycles. The Bertz CT molecular complexity index is 1240.